The van der Waals surface area contributed by atoms with Crippen LogP contribution in [0.15, 0.2) is 0 Å². The number of hydrogen-bond acceptors (Lipinski definition) is 4. The zero-order valence-corrected chi connectivity index (χ0v) is 16.2. The Morgan fingerprint density at radius 2 is 1.64 bits per heavy atom. The van der Waals surface area contributed by atoms with E-state index in [-0.39, 0.29) is 22.6 Å². The van der Waals surface area contributed by atoms with Crippen LogP contribution in [0.3, 0.4) is 0 Å². The number of nitrogens with zero attached hydrogens (tertiary/aromatic N) is 2. The number of rotatable bonds is 6. The van der Waals surface area contributed by atoms with Gasteiger partial charge in [0, 0.05) is 38.3 Å². The van der Waals surface area contributed by atoms with E-state index in [0.29, 0.717) is 0 Å². The van der Waals surface area contributed by atoms with Gasteiger partial charge in [0.05, 0.1) is 12.3 Å². The Balaban J connectivity index is 2.61. The molecular weight excluding hydrogens is 274 g/mol. The lowest BCUT2D eigenvalue weighted by Gasteiger charge is -2.51. The molecule has 4 heteroatoms. The molecule has 2 N–H and O–H groups in total. The lowest BCUT2D eigenvalue weighted by Crippen LogP contribution is -2.60. The van der Waals surface area contributed by atoms with Crippen molar-refractivity contribution in [2.75, 3.05) is 33.4 Å². The topological polar surface area (TPSA) is 41.7 Å². The highest BCUT2D eigenvalue weighted by atomic mass is 16.5. The first kappa shape index (κ1) is 19.9. The SMILES string of the molecule is COC(C)(C)CC(N)CN1CCCN(C(C)(C)C(C)(C)C)C1. The molecule has 0 aliphatic carbocycles. The van der Waals surface area contributed by atoms with Gasteiger partial charge in [-0.05, 0) is 46.0 Å². The van der Waals surface area contributed by atoms with E-state index in [1.807, 2.05) is 0 Å². The monoisotopic (exact) mass is 313 g/mol. The fraction of sp³-hybridized carbons (Fsp3) is 1.00. The molecule has 1 fully saturated rings. The second-order valence-corrected chi connectivity index (χ2v) is 9.07. The molecule has 0 amide bonds. The minimum Gasteiger partial charge on any atom is -0.379 e. The molecule has 1 unspecified atom stereocenters. The summed E-state index contributed by atoms with van der Waals surface area (Å²) in [5, 5.41) is 0. The largest absolute Gasteiger partial charge is 0.379 e. The van der Waals surface area contributed by atoms with Crippen molar-refractivity contribution in [2.24, 2.45) is 11.1 Å². The first-order valence-electron chi connectivity index (χ1n) is 8.67. The van der Waals surface area contributed by atoms with Crippen LogP contribution in [0.25, 0.3) is 0 Å². The Kier molecular flexibility index (Phi) is 6.48. The van der Waals surface area contributed by atoms with Crippen LogP contribution in [0, 0.1) is 5.41 Å². The fourth-order valence-electron chi connectivity index (χ4n) is 3.06. The van der Waals surface area contributed by atoms with Gasteiger partial charge in [-0.25, -0.2) is 0 Å². The molecule has 0 saturated carbocycles. The summed E-state index contributed by atoms with van der Waals surface area (Å²) < 4.78 is 5.51. The van der Waals surface area contributed by atoms with Gasteiger partial charge in [0.2, 0.25) is 0 Å². The third-order valence-corrected chi connectivity index (χ3v) is 5.70. The smallest absolute Gasteiger partial charge is 0.0638 e. The average molecular weight is 314 g/mol. The zero-order valence-electron chi connectivity index (χ0n) is 16.2. The second kappa shape index (κ2) is 7.16. The van der Waals surface area contributed by atoms with Gasteiger partial charge in [-0.3, -0.25) is 9.80 Å². The highest BCUT2D eigenvalue weighted by molar-refractivity contribution is 4.94. The molecule has 0 aromatic carbocycles. The molecule has 1 heterocycles. The Morgan fingerprint density at radius 3 is 2.14 bits per heavy atom. The number of hydrogen-bond donors (Lipinski definition) is 1. The first-order valence-corrected chi connectivity index (χ1v) is 8.67. The Hall–Kier alpha value is -0.160. The summed E-state index contributed by atoms with van der Waals surface area (Å²) in [6.07, 6.45) is 2.11. The summed E-state index contributed by atoms with van der Waals surface area (Å²) in [5.74, 6) is 0. The van der Waals surface area contributed by atoms with Crippen LogP contribution in [0.2, 0.25) is 0 Å². The van der Waals surface area contributed by atoms with E-state index in [4.69, 9.17) is 10.5 Å². The standard InChI is InChI=1S/C18H39N3O/c1-16(2,3)18(6,7)21-11-9-10-20(14-21)13-15(19)12-17(4,5)22-8/h15H,9-14,19H2,1-8H3. The lowest BCUT2D eigenvalue weighted by molar-refractivity contribution is -0.0462. The van der Waals surface area contributed by atoms with Gasteiger partial charge >= 0.3 is 0 Å². The van der Waals surface area contributed by atoms with E-state index in [2.05, 4.69) is 58.3 Å². The summed E-state index contributed by atoms with van der Waals surface area (Å²) in [5.41, 5.74) is 6.67. The van der Waals surface area contributed by atoms with Crippen molar-refractivity contribution in [3.05, 3.63) is 0 Å². The van der Waals surface area contributed by atoms with Gasteiger partial charge in [-0.15, -0.1) is 0 Å². The van der Waals surface area contributed by atoms with Crippen LogP contribution < -0.4 is 5.73 Å². The van der Waals surface area contributed by atoms with Crippen molar-refractivity contribution in [3.63, 3.8) is 0 Å². The Bertz CT molecular complexity index is 347. The van der Waals surface area contributed by atoms with Gasteiger partial charge in [-0.1, -0.05) is 20.8 Å². The zero-order chi connectivity index (χ0) is 17.2. The van der Waals surface area contributed by atoms with Gasteiger partial charge in [0.25, 0.3) is 0 Å². The Morgan fingerprint density at radius 1 is 1.05 bits per heavy atom. The van der Waals surface area contributed by atoms with Crippen LogP contribution in [0.5, 0.6) is 0 Å². The molecule has 1 atom stereocenters. The molecule has 1 aliphatic rings. The highest BCUT2D eigenvalue weighted by Crippen LogP contribution is 2.36. The van der Waals surface area contributed by atoms with Crippen molar-refractivity contribution in [3.8, 4) is 0 Å². The van der Waals surface area contributed by atoms with E-state index < -0.39 is 0 Å². The molecule has 22 heavy (non-hydrogen) atoms. The third-order valence-electron chi connectivity index (χ3n) is 5.70. The molecule has 1 aliphatic heterocycles. The summed E-state index contributed by atoms with van der Waals surface area (Å²) >= 11 is 0. The fourth-order valence-corrected chi connectivity index (χ4v) is 3.06. The summed E-state index contributed by atoms with van der Waals surface area (Å²) in [4.78, 5) is 5.12. The molecule has 4 nitrogen and oxygen atoms in total. The molecule has 0 aromatic rings. The summed E-state index contributed by atoms with van der Waals surface area (Å²) in [6, 6.07) is 0.160. The maximum Gasteiger partial charge on any atom is 0.0638 e. The van der Waals surface area contributed by atoms with E-state index in [1.54, 1.807) is 7.11 Å². The van der Waals surface area contributed by atoms with Crippen LogP contribution in [-0.2, 0) is 4.74 Å². The van der Waals surface area contributed by atoms with Gasteiger partial charge in [0.15, 0.2) is 0 Å². The van der Waals surface area contributed by atoms with Crippen molar-refractivity contribution in [2.45, 2.75) is 78.5 Å². The molecule has 0 spiro atoms. The average Bonchev–Trinajstić information content (AvgIpc) is 2.37. The minimum absolute atomic E-state index is 0.139. The summed E-state index contributed by atoms with van der Waals surface area (Å²) in [6.45, 7) is 20.2. The van der Waals surface area contributed by atoms with Crippen molar-refractivity contribution >= 4 is 0 Å². The third kappa shape index (κ3) is 5.19. The quantitative estimate of drug-likeness (QED) is 0.818. The highest BCUT2D eigenvalue weighted by Gasteiger charge is 2.40. The van der Waals surface area contributed by atoms with E-state index in [1.165, 1.54) is 13.0 Å². The first-order chi connectivity index (χ1) is 9.89. The predicted molar refractivity (Wildman–Crippen MR) is 95.0 cm³/mol. The molecule has 0 radical (unpaired) electrons. The van der Waals surface area contributed by atoms with Crippen molar-refractivity contribution < 1.29 is 4.74 Å². The minimum atomic E-state index is -0.139. The number of ether oxygens (including phenoxy) is 1. The summed E-state index contributed by atoms with van der Waals surface area (Å²) in [7, 11) is 1.77. The van der Waals surface area contributed by atoms with Crippen LogP contribution in [0.4, 0.5) is 0 Å². The van der Waals surface area contributed by atoms with Crippen molar-refractivity contribution in [1.82, 2.24) is 9.80 Å². The van der Waals surface area contributed by atoms with Gasteiger partial charge in [0.1, 0.15) is 0 Å². The van der Waals surface area contributed by atoms with Gasteiger partial charge < -0.3 is 10.5 Å². The van der Waals surface area contributed by atoms with Crippen LogP contribution in [0.1, 0.15) is 61.3 Å². The van der Waals surface area contributed by atoms with Crippen LogP contribution in [-0.4, -0.2) is 60.4 Å². The molecule has 1 rings (SSSR count). The van der Waals surface area contributed by atoms with E-state index in [0.717, 1.165) is 26.2 Å². The second-order valence-electron chi connectivity index (χ2n) is 9.07. The van der Waals surface area contributed by atoms with E-state index >= 15 is 0 Å². The van der Waals surface area contributed by atoms with Crippen molar-refractivity contribution in [1.29, 1.82) is 0 Å². The molecule has 0 bridgehead atoms. The lowest BCUT2D eigenvalue weighted by atomic mass is 9.75. The molecular formula is C18H39N3O. The molecule has 132 valence electrons. The number of nitrogens with two attached hydrogens (primary N) is 1. The maximum atomic E-state index is 6.37. The van der Waals surface area contributed by atoms with E-state index in [9.17, 15) is 0 Å². The number of methoxy groups -OCH3 is 1. The van der Waals surface area contributed by atoms with Gasteiger partial charge in [-0.2, -0.15) is 0 Å². The molecule has 1 saturated heterocycles. The normalized spacial score (nSPS) is 21.1. The molecule has 0 aromatic heterocycles. The van der Waals surface area contributed by atoms with Crippen LogP contribution >= 0.6 is 0 Å². The predicted octanol–water partition coefficient (Wildman–Crippen LogP) is 2.92. The maximum absolute atomic E-state index is 6.37. The Labute approximate surface area is 138 Å².